The second-order valence-electron chi connectivity index (χ2n) is 6.85. The topological polar surface area (TPSA) is 66.0 Å². The van der Waals surface area contributed by atoms with E-state index in [0.717, 1.165) is 42.1 Å². The third kappa shape index (κ3) is 5.65. The van der Waals surface area contributed by atoms with E-state index in [1.807, 2.05) is 49.4 Å². The summed E-state index contributed by atoms with van der Waals surface area (Å²) in [5, 5.41) is 7.35. The van der Waals surface area contributed by atoms with E-state index in [1.165, 1.54) is 0 Å². The number of nitrogens with one attached hydrogen (secondary N) is 2. The molecule has 146 valence electrons. The molecule has 0 atom stereocenters. The van der Waals surface area contributed by atoms with Gasteiger partial charge in [-0.05, 0) is 63.8 Å². The molecule has 0 fully saturated rings. The molecule has 0 radical (unpaired) electrons. The Hall–Kier alpha value is -2.70. The summed E-state index contributed by atoms with van der Waals surface area (Å²) in [4.78, 5) is 15.8. The molecule has 2 aromatic heterocycles. The summed E-state index contributed by atoms with van der Waals surface area (Å²) in [5.41, 5.74) is 3.46. The van der Waals surface area contributed by atoms with Gasteiger partial charge in [0.2, 0.25) is 5.95 Å². The van der Waals surface area contributed by atoms with Gasteiger partial charge in [0.25, 0.3) is 0 Å². The molecule has 3 aromatic rings. The summed E-state index contributed by atoms with van der Waals surface area (Å²) < 4.78 is 0. The van der Waals surface area contributed by atoms with Crippen LogP contribution < -0.4 is 10.6 Å². The number of hydrogen-bond acceptors (Lipinski definition) is 6. The van der Waals surface area contributed by atoms with E-state index in [4.69, 9.17) is 11.6 Å². The van der Waals surface area contributed by atoms with E-state index in [-0.39, 0.29) is 0 Å². The molecule has 0 aliphatic heterocycles. The lowest BCUT2D eigenvalue weighted by molar-refractivity contribution is 0.405. The van der Waals surface area contributed by atoms with E-state index in [0.29, 0.717) is 16.8 Å². The fourth-order valence-electron chi connectivity index (χ4n) is 2.65. The molecule has 28 heavy (non-hydrogen) atoms. The second kappa shape index (κ2) is 9.48. The van der Waals surface area contributed by atoms with Crippen LogP contribution in [-0.4, -0.2) is 47.0 Å². The van der Waals surface area contributed by atoms with Gasteiger partial charge in [-0.3, -0.25) is 4.98 Å². The molecule has 2 heterocycles. The number of halogens is 1. The van der Waals surface area contributed by atoms with Gasteiger partial charge in [-0.2, -0.15) is 4.98 Å². The van der Waals surface area contributed by atoms with Crippen molar-refractivity contribution in [3.05, 3.63) is 59.2 Å². The van der Waals surface area contributed by atoms with Crippen LogP contribution in [0, 0.1) is 6.92 Å². The summed E-state index contributed by atoms with van der Waals surface area (Å²) >= 11 is 6.25. The van der Waals surface area contributed by atoms with Crippen LogP contribution in [0.25, 0.3) is 11.4 Å². The molecule has 0 amide bonds. The van der Waals surface area contributed by atoms with Crippen LogP contribution in [0.5, 0.6) is 0 Å². The van der Waals surface area contributed by atoms with E-state index in [9.17, 15) is 0 Å². The summed E-state index contributed by atoms with van der Waals surface area (Å²) in [6.45, 7) is 3.77. The van der Waals surface area contributed by atoms with Gasteiger partial charge in [0.15, 0.2) is 0 Å². The summed E-state index contributed by atoms with van der Waals surface area (Å²) in [5.74, 6) is 1.26. The first-order valence-electron chi connectivity index (χ1n) is 9.23. The van der Waals surface area contributed by atoms with Crippen LogP contribution >= 0.6 is 11.6 Å². The Morgan fingerprint density at radius 3 is 2.61 bits per heavy atom. The zero-order valence-electron chi connectivity index (χ0n) is 16.4. The van der Waals surface area contributed by atoms with E-state index < -0.39 is 0 Å². The number of benzene rings is 1. The monoisotopic (exact) mass is 396 g/mol. The van der Waals surface area contributed by atoms with Crippen molar-refractivity contribution < 1.29 is 0 Å². The molecule has 0 bridgehead atoms. The third-order valence-electron chi connectivity index (χ3n) is 4.16. The predicted molar refractivity (Wildman–Crippen MR) is 116 cm³/mol. The molecular formula is C21H25ClN6. The van der Waals surface area contributed by atoms with E-state index in [2.05, 4.69) is 44.6 Å². The smallest absolute Gasteiger partial charge is 0.225 e. The number of aryl methyl sites for hydroxylation is 1. The molecular weight excluding hydrogens is 372 g/mol. The van der Waals surface area contributed by atoms with Crippen LogP contribution in [0.4, 0.5) is 17.5 Å². The Morgan fingerprint density at radius 1 is 1.04 bits per heavy atom. The summed E-state index contributed by atoms with van der Waals surface area (Å²) in [6, 6.07) is 13.5. The Balaban J connectivity index is 1.85. The largest absolute Gasteiger partial charge is 0.354 e. The minimum atomic E-state index is 0.572. The highest BCUT2D eigenvalue weighted by atomic mass is 35.5. The maximum absolute atomic E-state index is 6.25. The summed E-state index contributed by atoms with van der Waals surface area (Å²) in [7, 11) is 4.12. The van der Waals surface area contributed by atoms with Crippen molar-refractivity contribution in [2.45, 2.75) is 13.3 Å². The van der Waals surface area contributed by atoms with Gasteiger partial charge in [-0.1, -0.05) is 23.7 Å². The van der Waals surface area contributed by atoms with Gasteiger partial charge in [0, 0.05) is 29.5 Å². The number of aromatic nitrogens is 3. The van der Waals surface area contributed by atoms with Crippen LogP contribution in [0.2, 0.25) is 5.02 Å². The zero-order valence-corrected chi connectivity index (χ0v) is 17.2. The minimum absolute atomic E-state index is 0.572. The van der Waals surface area contributed by atoms with Gasteiger partial charge in [-0.15, -0.1) is 0 Å². The van der Waals surface area contributed by atoms with Crippen molar-refractivity contribution in [2.75, 3.05) is 37.8 Å². The molecule has 2 N–H and O–H groups in total. The SMILES string of the molecule is Cc1ccc(Nc2cc(-c3ccccn3)nc(NCCCN(C)C)n2)cc1Cl. The molecule has 1 aromatic carbocycles. The molecule has 0 aliphatic rings. The maximum Gasteiger partial charge on any atom is 0.225 e. The van der Waals surface area contributed by atoms with Gasteiger partial charge in [0.1, 0.15) is 5.82 Å². The number of rotatable bonds is 8. The number of anilines is 3. The fourth-order valence-corrected chi connectivity index (χ4v) is 2.83. The van der Waals surface area contributed by atoms with Crippen LogP contribution in [-0.2, 0) is 0 Å². The Bertz CT molecular complexity index is 914. The quantitative estimate of drug-likeness (QED) is 0.542. The van der Waals surface area contributed by atoms with Crippen molar-refractivity contribution >= 4 is 29.1 Å². The average Bonchev–Trinajstić information content (AvgIpc) is 2.68. The number of hydrogen-bond donors (Lipinski definition) is 2. The van der Waals surface area contributed by atoms with Gasteiger partial charge >= 0.3 is 0 Å². The maximum atomic E-state index is 6.25. The van der Waals surface area contributed by atoms with Gasteiger partial charge in [-0.25, -0.2) is 4.98 Å². The van der Waals surface area contributed by atoms with E-state index >= 15 is 0 Å². The Kier molecular flexibility index (Phi) is 6.79. The molecule has 7 heteroatoms. The Labute approximate surface area is 171 Å². The average molecular weight is 397 g/mol. The molecule has 3 rings (SSSR count). The lowest BCUT2D eigenvalue weighted by Gasteiger charge is -2.13. The first-order valence-corrected chi connectivity index (χ1v) is 9.61. The molecule has 0 saturated carbocycles. The Morgan fingerprint density at radius 2 is 1.89 bits per heavy atom. The highest BCUT2D eigenvalue weighted by Crippen LogP contribution is 2.25. The fraction of sp³-hybridized carbons (Fsp3) is 0.286. The standard InChI is InChI=1S/C21H25ClN6/c1-15-8-9-16(13-17(15)22)25-20-14-19(18-7-4-5-10-23-18)26-21(27-20)24-11-6-12-28(2)3/h4-5,7-10,13-14H,6,11-12H2,1-3H3,(H2,24,25,26,27). The van der Waals surface area contributed by atoms with Gasteiger partial charge in [0.05, 0.1) is 11.4 Å². The first-order chi connectivity index (χ1) is 13.5. The van der Waals surface area contributed by atoms with Crippen molar-refractivity contribution in [1.82, 2.24) is 19.9 Å². The molecule has 6 nitrogen and oxygen atoms in total. The number of pyridine rings is 1. The molecule has 0 saturated heterocycles. The van der Waals surface area contributed by atoms with Gasteiger partial charge < -0.3 is 15.5 Å². The van der Waals surface area contributed by atoms with E-state index in [1.54, 1.807) is 6.20 Å². The normalized spacial score (nSPS) is 10.9. The number of nitrogens with zero attached hydrogens (tertiary/aromatic N) is 4. The zero-order chi connectivity index (χ0) is 19.9. The summed E-state index contributed by atoms with van der Waals surface area (Å²) in [6.07, 6.45) is 2.76. The molecule has 0 aliphatic carbocycles. The lowest BCUT2D eigenvalue weighted by Crippen LogP contribution is -2.17. The second-order valence-corrected chi connectivity index (χ2v) is 7.26. The third-order valence-corrected chi connectivity index (χ3v) is 4.57. The van der Waals surface area contributed by atoms with Crippen molar-refractivity contribution in [2.24, 2.45) is 0 Å². The predicted octanol–water partition coefficient (Wildman–Crippen LogP) is 4.61. The van der Waals surface area contributed by atoms with Crippen LogP contribution in [0.15, 0.2) is 48.7 Å². The molecule has 0 spiro atoms. The highest BCUT2D eigenvalue weighted by Gasteiger charge is 2.09. The van der Waals surface area contributed by atoms with Crippen LogP contribution in [0.3, 0.4) is 0 Å². The van der Waals surface area contributed by atoms with Crippen molar-refractivity contribution in [3.8, 4) is 11.4 Å². The highest BCUT2D eigenvalue weighted by molar-refractivity contribution is 6.31. The minimum Gasteiger partial charge on any atom is -0.354 e. The lowest BCUT2D eigenvalue weighted by atomic mass is 10.2. The molecule has 0 unspecified atom stereocenters. The van der Waals surface area contributed by atoms with Crippen molar-refractivity contribution in [3.63, 3.8) is 0 Å². The first kappa shape index (κ1) is 20.0. The van der Waals surface area contributed by atoms with Crippen LogP contribution in [0.1, 0.15) is 12.0 Å². The van der Waals surface area contributed by atoms with Crippen molar-refractivity contribution in [1.29, 1.82) is 0 Å².